The van der Waals surface area contributed by atoms with E-state index < -0.39 is 10.0 Å². The molecule has 2 aromatic heterocycles. The molecule has 3 aromatic rings. The number of H-pyrrole nitrogens is 1. The molecule has 1 fully saturated rings. The predicted molar refractivity (Wildman–Crippen MR) is 100 cm³/mol. The van der Waals surface area contributed by atoms with Crippen LogP contribution in [0.3, 0.4) is 0 Å². The number of aromatic nitrogens is 4. The SMILES string of the molecule is CS(=O)(=O)NC1CCN(c2nccc(-c3nc4ccccc4[nH]3)n2)CC1. The maximum atomic E-state index is 11.4. The molecule has 0 spiro atoms. The summed E-state index contributed by atoms with van der Waals surface area (Å²) in [4.78, 5) is 19.0. The van der Waals surface area contributed by atoms with Crippen LogP contribution in [0.15, 0.2) is 36.5 Å². The summed E-state index contributed by atoms with van der Waals surface area (Å²) >= 11 is 0. The van der Waals surface area contributed by atoms with Gasteiger partial charge < -0.3 is 9.88 Å². The first-order valence-corrected chi connectivity index (χ1v) is 10.4. The summed E-state index contributed by atoms with van der Waals surface area (Å²) < 4.78 is 25.4. The Labute approximate surface area is 151 Å². The lowest BCUT2D eigenvalue weighted by Crippen LogP contribution is -2.44. The topological polar surface area (TPSA) is 104 Å². The summed E-state index contributed by atoms with van der Waals surface area (Å²) in [6, 6.07) is 9.65. The van der Waals surface area contributed by atoms with Gasteiger partial charge in [0.25, 0.3) is 0 Å². The Kier molecular flexibility index (Phi) is 4.33. The minimum absolute atomic E-state index is 0.0280. The van der Waals surface area contributed by atoms with Gasteiger partial charge in [0.2, 0.25) is 16.0 Å². The van der Waals surface area contributed by atoms with E-state index in [-0.39, 0.29) is 6.04 Å². The van der Waals surface area contributed by atoms with E-state index in [1.807, 2.05) is 30.3 Å². The molecule has 4 rings (SSSR count). The van der Waals surface area contributed by atoms with Crippen molar-refractivity contribution in [3.8, 4) is 11.5 Å². The van der Waals surface area contributed by atoms with Crippen LogP contribution in [0.4, 0.5) is 5.95 Å². The molecule has 0 aliphatic carbocycles. The van der Waals surface area contributed by atoms with E-state index in [1.54, 1.807) is 6.20 Å². The summed E-state index contributed by atoms with van der Waals surface area (Å²) in [5.41, 5.74) is 2.60. The second kappa shape index (κ2) is 6.65. The van der Waals surface area contributed by atoms with Crippen molar-refractivity contribution in [3.05, 3.63) is 36.5 Å². The number of fused-ring (bicyclic) bond motifs is 1. The number of hydrogen-bond acceptors (Lipinski definition) is 6. The van der Waals surface area contributed by atoms with Gasteiger partial charge in [-0.15, -0.1) is 0 Å². The van der Waals surface area contributed by atoms with E-state index in [0.29, 0.717) is 24.9 Å². The standard InChI is InChI=1S/C17H20N6O2S/c1-26(24,25)22-12-7-10-23(11-8-12)17-18-9-6-15(21-17)16-19-13-4-2-3-5-14(13)20-16/h2-6,9,12,22H,7-8,10-11H2,1H3,(H,19,20). The average molecular weight is 372 g/mol. The minimum atomic E-state index is -3.17. The number of nitrogens with zero attached hydrogens (tertiary/aromatic N) is 4. The van der Waals surface area contributed by atoms with Crippen molar-refractivity contribution in [2.75, 3.05) is 24.2 Å². The van der Waals surface area contributed by atoms with Crippen LogP contribution in [0.1, 0.15) is 12.8 Å². The first-order valence-electron chi connectivity index (χ1n) is 8.48. The Bertz CT molecular complexity index is 991. The molecule has 2 N–H and O–H groups in total. The van der Waals surface area contributed by atoms with E-state index in [9.17, 15) is 8.42 Å². The number of imidazole rings is 1. The van der Waals surface area contributed by atoms with Crippen LogP contribution in [0.2, 0.25) is 0 Å². The number of benzene rings is 1. The highest BCUT2D eigenvalue weighted by molar-refractivity contribution is 7.88. The molecule has 0 radical (unpaired) electrons. The molecule has 0 amide bonds. The number of hydrogen-bond donors (Lipinski definition) is 2. The van der Waals surface area contributed by atoms with Gasteiger partial charge in [0.1, 0.15) is 5.69 Å². The maximum absolute atomic E-state index is 11.4. The lowest BCUT2D eigenvalue weighted by atomic mass is 10.1. The van der Waals surface area contributed by atoms with Gasteiger partial charge in [0, 0.05) is 25.3 Å². The molecule has 0 atom stereocenters. The third-order valence-corrected chi connectivity index (χ3v) is 5.19. The Morgan fingerprint density at radius 3 is 2.65 bits per heavy atom. The first-order chi connectivity index (χ1) is 12.5. The quantitative estimate of drug-likeness (QED) is 0.720. The van der Waals surface area contributed by atoms with E-state index in [0.717, 1.165) is 29.6 Å². The average Bonchev–Trinajstić information content (AvgIpc) is 3.05. The summed E-state index contributed by atoms with van der Waals surface area (Å²) in [6.45, 7) is 1.41. The fourth-order valence-electron chi connectivity index (χ4n) is 3.21. The van der Waals surface area contributed by atoms with E-state index >= 15 is 0 Å². The second-order valence-electron chi connectivity index (χ2n) is 6.50. The number of piperidine rings is 1. The normalized spacial score (nSPS) is 16.3. The van der Waals surface area contributed by atoms with E-state index in [4.69, 9.17) is 0 Å². The number of para-hydroxylation sites is 2. The van der Waals surface area contributed by atoms with Crippen molar-refractivity contribution >= 4 is 27.0 Å². The zero-order chi connectivity index (χ0) is 18.1. The molecule has 0 saturated carbocycles. The van der Waals surface area contributed by atoms with Crippen LogP contribution in [0.25, 0.3) is 22.6 Å². The zero-order valence-electron chi connectivity index (χ0n) is 14.4. The number of sulfonamides is 1. The number of rotatable bonds is 4. The van der Waals surface area contributed by atoms with Gasteiger partial charge >= 0.3 is 0 Å². The zero-order valence-corrected chi connectivity index (χ0v) is 15.2. The molecule has 0 unspecified atom stereocenters. The Balaban J connectivity index is 1.51. The third-order valence-electron chi connectivity index (χ3n) is 4.43. The molecular formula is C17H20N6O2S. The fourth-order valence-corrected chi connectivity index (χ4v) is 4.05. The molecule has 3 heterocycles. The highest BCUT2D eigenvalue weighted by Crippen LogP contribution is 2.22. The molecule has 26 heavy (non-hydrogen) atoms. The summed E-state index contributed by atoms with van der Waals surface area (Å²) in [6.07, 6.45) is 4.38. The van der Waals surface area contributed by atoms with Crippen LogP contribution in [0, 0.1) is 0 Å². The van der Waals surface area contributed by atoms with Crippen molar-refractivity contribution in [2.24, 2.45) is 0 Å². The van der Waals surface area contributed by atoms with E-state index in [2.05, 4.69) is 29.6 Å². The van der Waals surface area contributed by atoms with Crippen molar-refractivity contribution in [1.82, 2.24) is 24.7 Å². The molecular weight excluding hydrogens is 352 g/mol. The van der Waals surface area contributed by atoms with Crippen molar-refractivity contribution < 1.29 is 8.42 Å². The number of nitrogens with one attached hydrogen (secondary N) is 2. The number of aromatic amines is 1. The van der Waals surface area contributed by atoms with Gasteiger partial charge in [0.15, 0.2) is 5.82 Å². The molecule has 136 valence electrons. The highest BCUT2D eigenvalue weighted by Gasteiger charge is 2.23. The molecule has 1 aliphatic rings. The lowest BCUT2D eigenvalue weighted by molar-refractivity contribution is 0.458. The molecule has 1 aromatic carbocycles. The predicted octanol–water partition coefficient (Wildman–Crippen LogP) is 1.54. The van der Waals surface area contributed by atoms with Gasteiger partial charge in [0.05, 0.1) is 17.3 Å². The minimum Gasteiger partial charge on any atom is -0.341 e. The summed E-state index contributed by atoms with van der Waals surface area (Å²) in [5, 5.41) is 0. The molecule has 1 saturated heterocycles. The highest BCUT2D eigenvalue weighted by atomic mass is 32.2. The fraction of sp³-hybridized carbons (Fsp3) is 0.353. The first kappa shape index (κ1) is 16.9. The van der Waals surface area contributed by atoms with Crippen LogP contribution in [-0.4, -0.2) is 53.7 Å². The Morgan fingerprint density at radius 2 is 1.92 bits per heavy atom. The third kappa shape index (κ3) is 3.68. The van der Waals surface area contributed by atoms with Crippen LogP contribution < -0.4 is 9.62 Å². The van der Waals surface area contributed by atoms with Gasteiger partial charge in [-0.1, -0.05) is 12.1 Å². The van der Waals surface area contributed by atoms with Gasteiger partial charge in [-0.05, 0) is 31.0 Å². The number of anilines is 1. The van der Waals surface area contributed by atoms with Crippen LogP contribution in [0.5, 0.6) is 0 Å². The summed E-state index contributed by atoms with van der Waals surface area (Å²) in [7, 11) is -3.17. The molecule has 8 nitrogen and oxygen atoms in total. The molecule has 1 aliphatic heterocycles. The smallest absolute Gasteiger partial charge is 0.225 e. The van der Waals surface area contributed by atoms with E-state index in [1.165, 1.54) is 6.26 Å². The van der Waals surface area contributed by atoms with Crippen LogP contribution >= 0.6 is 0 Å². The molecule has 0 bridgehead atoms. The van der Waals surface area contributed by atoms with Gasteiger partial charge in [-0.25, -0.2) is 28.1 Å². The Morgan fingerprint density at radius 1 is 1.15 bits per heavy atom. The second-order valence-corrected chi connectivity index (χ2v) is 8.28. The maximum Gasteiger partial charge on any atom is 0.225 e. The van der Waals surface area contributed by atoms with Crippen LogP contribution in [-0.2, 0) is 10.0 Å². The van der Waals surface area contributed by atoms with Gasteiger partial charge in [-0.2, -0.15) is 0 Å². The van der Waals surface area contributed by atoms with Crippen molar-refractivity contribution in [2.45, 2.75) is 18.9 Å². The van der Waals surface area contributed by atoms with Gasteiger partial charge in [-0.3, -0.25) is 0 Å². The van der Waals surface area contributed by atoms with Crippen molar-refractivity contribution in [3.63, 3.8) is 0 Å². The monoisotopic (exact) mass is 372 g/mol. The molecule has 9 heteroatoms. The Hall–Kier alpha value is -2.52. The summed E-state index contributed by atoms with van der Waals surface area (Å²) in [5.74, 6) is 1.35. The lowest BCUT2D eigenvalue weighted by Gasteiger charge is -2.31. The largest absolute Gasteiger partial charge is 0.341 e. The van der Waals surface area contributed by atoms with Crippen molar-refractivity contribution in [1.29, 1.82) is 0 Å².